The van der Waals surface area contributed by atoms with Gasteiger partial charge in [0.2, 0.25) is 0 Å². The lowest BCUT2D eigenvalue weighted by molar-refractivity contribution is 0.959. The highest BCUT2D eigenvalue weighted by molar-refractivity contribution is 8.00. The van der Waals surface area contributed by atoms with Gasteiger partial charge in [-0.25, -0.2) is 9.97 Å². The van der Waals surface area contributed by atoms with E-state index in [1.165, 1.54) is 0 Å². The van der Waals surface area contributed by atoms with Gasteiger partial charge in [-0.05, 0) is 24.8 Å². The van der Waals surface area contributed by atoms with E-state index >= 15 is 0 Å². The number of thioether (sulfide) groups is 1. The van der Waals surface area contributed by atoms with E-state index in [0.717, 1.165) is 44.2 Å². The highest BCUT2D eigenvalue weighted by atomic mass is 32.2. The van der Waals surface area contributed by atoms with Crippen LogP contribution in [0.25, 0.3) is 10.2 Å². The molecular formula is C13H15N5S3. The molecule has 3 heterocycles. The van der Waals surface area contributed by atoms with Gasteiger partial charge in [0.05, 0.1) is 11.1 Å². The summed E-state index contributed by atoms with van der Waals surface area (Å²) in [4.78, 5) is 10.3. The van der Waals surface area contributed by atoms with Crippen LogP contribution in [0, 0.1) is 6.92 Å². The lowest BCUT2D eigenvalue weighted by atomic mass is 10.3. The lowest BCUT2D eigenvalue weighted by Gasteiger charge is -2.07. The van der Waals surface area contributed by atoms with Gasteiger partial charge in [0.15, 0.2) is 4.34 Å². The van der Waals surface area contributed by atoms with Crippen LogP contribution in [-0.2, 0) is 5.75 Å². The molecule has 21 heavy (non-hydrogen) atoms. The van der Waals surface area contributed by atoms with Crippen molar-refractivity contribution in [2.45, 2.75) is 30.4 Å². The number of nitrogens with one attached hydrogen (secondary N) is 1. The molecule has 0 aliphatic rings. The molecule has 3 aromatic rings. The van der Waals surface area contributed by atoms with Crippen molar-refractivity contribution in [3.63, 3.8) is 0 Å². The molecule has 0 atom stereocenters. The first-order valence-electron chi connectivity index (χ1n) is 6.67. The summed E-state index contributed by atoms with van der Waals surface area (Å²) in [5.74, 6) is 2.48. The third-order valence-corrected chi connectivity index (χ3v) is 5.52. The molecule has 1 N–H and O–H groups in total. The van der Waals surface area contributed by atoms with Gasteiger partial charge in [0.25, 0.3) is 0 Å². The van der Waals surface area contributed by atoms with Gasteiger partial charge in [0, 0.05) is 6.54 Å². The van der Waals surface area contributed by atoms with Crippen LogP contribution in [0.4, 0.5) is 5.82 Å². The van der Waals surface area contributed by atoms with Gasteiger partial charge >= 0.3 is 0 Å². The number of anilines is 1. The summed E-state index contributed by atoms with van der Waals surface area (Å²) < 4.78 is 0.963. The molecule has 5 nitrogen and oxygen atoms in total. The number of aryl methyl sites for hydroxylation is 1. The van der Waals surface area contributed by atoms with Crippen molar-refractivity contribution in [2.75, 3.05) is 11.9 Å². The Hall–Kier alpha value is -1.25. The van der Waals surface area contributed by atoms with Gasteiger partial charge in [-0.1, -0.05) is 30.0 Å². The van der Waals surface area contributed by atoms with Crippen molar-refractivity contribution in [1.82, 2.24) is 20.2 Å². The molecule has 0 radical (unpaired) electrons. The zero-order chi connectivity index (χ0) is 14.7. The van der Waals surface area contributed by atoms with E-state index < -0.39 is 0 Å². The fourth-order valence-corrected chi connectivity index (χ4v) is 4.26. The molecule has 0 unspecified atom stereocenters. The molecule has 0 amide bonds. The standard InChI is InChI=1S/C13H15N5S3/c1-3-5-14-11-9-4-6-19-12(9)16-10(15-11)7-20-13-18-17-8(2)21-13/h4,6H,3,5,7H2,1-2H3,(H,14,15,16). The van der Waals surface area contributed by atoms with E-state index in [1.807, 2.05) is 6.92 Å². The van der Waals surface area contributed by atoms with Crippen molar-refractivity contribution in [3.8, 4) is 0 Å². The van der Waals surface area contributed by atoms with Crippen LogP contribution >= 0.6 is 34.4 Å². The third kappa shape index (κ3) is 3.50. The SMILES string of the molecule is CCCNc1nc(CSc2nnc(C)s2)nc2sccc12. The highest BCUT2D eigenvalue weighted by Gasteiger charge is 2.10. The normalized spacial score (nSPS) is 11.1. The van der Waals surface area contributed by atoms with E-state index in [-0.39, 0.29) is 0 Å². The maximum absolute atomic E-state index is 4.65. The first-order valence-corrected chi connectivity index (χ1v) is 9.35. The van der Waals surface area contributed by atoms with Crippen LogP contribution in [-0.4, -0.2) is 26.7 Å². The molecule has 0 bridgehead atoms. The highest BCUT2D eigenvalue weighted by Crippen LogP contribution is 2.28. The van der Waals surface area contributed by atoms with Crippen LogP contribution in [0.5, 0.6) is 0 Å². The van der Waals surface area contributed by atoms with Gasteiger partial charge < -0.3 is 5.32 Å². The molecule has 3 aromatic heterocycles. The summed E-state index contributed by atoms with van der Waals surface area (Å²) in [5.41, 5.74) is 0. The van der Waals surface area contributed by atoms with E-state index in [1.54, 1.807) is 34.4 Å². The average molecular weight is 337 g/mol. The first kappa shape index (κ1) is 14.7. The van der Waals surface area contributed by atoms with Crippen LogP contribution in [0.3, 0.4) is 0 Å². The molecule has 110 valence electrons. The Bertz CT molecular complexity index is 736. The molecule has 0 spiro atoms. The Labute approximate surface area is 135 Å². The largest absolute Gasteiger partial charge is 0.369 e. The Balaban J connectivity index is 1.80. The molecular weight excluding hydrogens is 322 g/mol. The monoisotopic (exact) mass is 337 g/mol. The molecule has 8 heteroatoms. The Morgan fingerprint density at radius 2 is 2.19 bits per heavy atom. The molecule has 3 rings (SSSR count). The number of fused-ring (bicyclic) bond motifs is 1. The number of rotatable bonds is 6. The van der Waals surface area contributed by atoms with Crippen LogP contribution in [0.2, 0.25) is 0 Å². The maximum atomic E-state index is 4.65. The van der Waals surface area contributed by atoms with Gasteiger partial charge in [-0.3, -0.25) is 0 Å². The molecule has 0 saturated heterocycles. The number of hydrogen-bond acceptors (Lipinski definition) is 8. The van der Waals surface area contributed by atoms with E-state index in [2.05, 4.69) is 43.9 Å². The van der Waals surface area contributed by atoms with Crippen molar-refractivity contribution in [2.24, 2.45) is 0 Å². The molecule has 0 aliphatic heterocycles. The summed E-state index contributed by atoms with van der Waals surface area (Å²) in [6, 6.07) is 2.07. The number of thiophene rings is 1. The van der Waals surface area contributed by atoms with Gasteiger partial charge in [0.1, 0.15) is 21.5 Å². The molecule has 0 aliphatic carbocycles. The quantitative estimate of drug-likeness (QED) is 0.687. The second-order valence-corrected chi connectivity index (χ2v) is 7.73. The van der Waals surface area contributed by atoms with Crippen molar-refractivity contribution < 1.29 is 0 Å². The zero-order valence-corrected chi connectivity index (χ0v) is 14.2. The van der Waals surface area contributed by atoms with E-state index in [0.29, 0.717) is 5.75 Å². The van der Waals surface area contributed by atoms with Crippen molar-refractivity contribution >= 4 is 50.5 Å². The third-order valence-electron chi connectivity index (χ3n) is 2.75. The summed E-state index contributed by atoms with van der Waals surface area (Å²) in [5, 5.41) is 15.7. The predicted octanol–water partition coefficient (Wildman–Crippen LogP) is 3.97. The Morgan fingerprint density at radius 1 is 1.29 bits per heavy atom. The Kier molecular flexibility index (Phi) is 4.67. The van der Waals surface area contributed by atoms with Crippen LogP contribution in [0.15, 0.2) is 15.8 Å². The van der Waals surface area contributed by atoms with Crippen LogP contribution in [0.1, 0.15) is 24.2 Å². The minimum absolute atomic E-state index is 0.712. The fraction of sp³-hybridized carbons (Fsp3) is 0.385. The second kappa shape index (κ2) is 6.67. The minimum atomic E-state index is 0.712. The number of nitrogens with zero attached hydrogens (tertiary/aromatic N) is 4. The smallest absolute Gasteiger partial charge is 0.174 e. The van der Waals surface area contributed by atoms with Crippen LogP contribution < -0.4 is 5.32 Å². The lowest BCUT2D eigenvalue weighted by Crippen LogP contribution is -2.05. The van der Waals surface area contributed by atoms with Gasteiger partial charge in [-0.15, -0.1) is 21.5 Å². The summed E-state index contributed by atoms with van der Waals surface area (Å²) >= 11 is 4.89. The molecule has 0 saturated carbocycles. The topological polar surface area (TPSA) is 63.6 Å². The number of aromatic nitrogens is 4. The fourth-order valence-electron chi connectivity index (χ4n) is 1.81. The first-order chi connectivity index (χ1) is 10.3. The maximum Gasteiger partial charge on any atom is 0.174 e. The van der Waals surface area contributed by atoms with E-state index in [4.69, 9.17) is 0 Å². The molecule has 0 fully saturated rings. The predicted molar refractivity (Wildman–Crippen MR) is 90.4 cm³/mol. The molecule has 0 aromatic carbocycles. The van der Waals surface area contributed by atoms with Gasteiger partial charge in [-0.2, -0.15) is 0 Å². The average Bonchev–Trinajstić information content (AvgIpc) is 3.11. The van der Waals surface area contributed by atoms with E-state index in [9.17, 15) is 0 Å². The second-order valence-electron chi connectivity index (χ2n) is 4.43. The number of hydrogen-bond donors (Lipinski definition) is 1. The summed E-state index contributed by atoms with van der Waals surface area (Å²) in [7, 11) is 0. The Morgan fingerprint density at radius 3 is 2.95 bits per heavy atom. The zero-order valence-electron chi connectivity index (χ0n) is 11.8. The minimum Gasteiger partial charge on any atom is -0.369 e. The summed E-state index contributed by atoms with van der Waals surface area (Å²) in [6.45, 7) is 5.03. The van der Waals surface area contributed by atoms with Crippen molar-refractivity contribution in [1.29, 1.82) is 0 Å². The summed E-state index contributed by atoms with van der Waals surface area (Å²) in [6.07, 6.45) is 1.07. The van der Waals surface area contributed by atoms with Crippen molar-refractivity contribution in [3.05, 3.63) is 22.3 Å².